The van der Waals surface area contributed by atoms with E-state index in [1.807, 2.05) is 12.1 Å². The molecule has 1 N–H and O–H groups in total. The minimum absolute atomic E-state index is 0.00479. The van der Waals surface area contributed by atoms with Crippen molar-refractivity contribution in [3.63, 3.8) is 0 Å². The van der Waals surface area contributed by atoms with Gasteiger partial charge in [-0.05, 0) is 87.0 Å². The molecule has 30 heavy (non-hydrogen) atoms. The minimum atomic E-state index is -3.72. The molecule has 4 nitrogen and oxygen atoms in total. The maximum Gasteiger partial charge on any atom is 0.240 e. The van der Waals surface area contributed by atoms with Crippen molar-refractivity contribution >= 4 is 21.6 Å². The van der Waals surface area contributed by atoms with Gasteiger partial charge in [0.2, 0.25) is 10.0 Å². The highest BCUT2D eigenvalue weighted by molar-refractivity contribution is 7.89. The van der Waals surface area contributed by atoms with Gasteiger partial charge in [0.25, 0.3) is 0 Å². The molecular formula is C23H28ClFN2O2S. The highest BCUT2D eigenvalue weighted by Gasteiger charge is 2.36. The van der Waals surface area contributed by atoms with Gasteiger partial charge in [0.1, 0.15) is 5.82 Å². The third kappa shape index (κ3) is 5.22. The third-order valence-electron chi connectivity index (χ3n) is 6.45. The van der Waals surface area contributed by atoms with E-state index in [2.05, 4.69) is 21.8 Å². The highest BCUT2D eigenvalue weighted by Crippen LogP contribution is 2.30. The first-order valence-corrected chi connectivity index (χ1v) is 12.5. The zero-order chi connectivity index (χ0) is 21.1. The van der Waals surface area contributed by atoms with E-state index in [9.17, 15) is 12.8 Å². The molecule has 0 bridgehead atoms. The van der Waals surface area contributed by atoms with Crippen molar-refractivity contribution in [2.75, 3.05) is 13.1 Å². The molecule has 0 amide bonds. The van der Waals surface area contributed by atoms with Crippen molar-refractivity contribution in [3.05, 3.63) is 64.9 Å². The molecule has 1 aliphatic heterocycles. The molecule has 1 saturated heterocycles. The zero-order valence-corrected chi connectivity index (χ0v) is 18.5. The van der Waals surface area contributed by atoms with Gasteiger partial charge in [-0.25, -0.2) is 17.5 Å². The Labute approximate surface area is 183 Å². The lowest BCUT2D eigenvalue weighted by Gasteiger charge is -2.38. The Bertz CT molecular complexity index is 959. The summed E-state index contributed by atoms with van der Waals surface area (Å²) >= 11 is 5.98. The van der Waals surface area contributed by atoms with E-state index in [1.165, 1.54) is 23.8 Å². The van der Waals surface area contributed by atoms with Crippen LogP contribution in [0.1, 0.15) is 37.7 Å². The van der Waals surface area contributed by atoms with Crippen molar-refractivity contribution in [3.8, 4) is 0 Å². The third-order valence-corrected chi connectivity index (χ3v) is 8.19. The summed E-state index contributed by atoms with van der Waals surface area (Å²) in [4.78, 5) is 2.44. The maximum absolute atomic E-state index is 13.5. The van der Waals surface area contributed by atoms with Crippen molar-refractivity contribution in [1.82, 2.24) is 9.62 Å². The van der Waals surface area contributed by atoms with Crippen LogP contribution < -0.4 is 4.72 Å². The smallest absolute Gasteiger partial charge is 0.240 e. The van der Waals surface area contributed by atoms with E-state index in [-0.39, 0.29) is 17.0 Å². The second-order valence-electron chi connectivity index (χ2n) is 8.49. The standard InChI is InChI=1S/C23H28ClFN2O2S/c24-19-9-7-17(8-10-19)15-18-11-13-27(14-12-18)23-6-2-5-22(23)26-30(28,29)21-4-1-3-20(25)16-21/h1,3-4,7-10,16,18,22-23,26H,2,5-6,11-15H2/t22-,23-/m1/s1. The number of benzene rings is 2. The van der Waals surface area contributed by atoms with E-state index in [0.29, 0.717) is 5.92 Å². The highest BCUT2D eigenvalue weighted by atomic mass is 35.5. The molecule has 2 aromatic rings. The molecule has 1 saturated carbocycles. The zero-order valence-electron chi connectivity index (χ0n) is 16.9. The molecule has 4 rings (SSSR count). The van der Waals surface area contributed by atoms with Gasteiger partial charge in [0.05, 0.1) is 4.90 Å². The number of piperidine rings is 1. The van der Waals surface area contributed by atoms with E-state index in [1.54, 1.807) is 0 Å². The Morgan fingerprint density at radius 2 is 1.77 bits per heavy atom. The Kier molecular flexibility index (Phi) is 6.78. The number of nitrogens with one attached hydrogen (secondary N) is 1. The van der Waals surface area contributed by atoms with Gasteiger partial charge < -0.3 is 0 Å². The fraction of sp³-hybridized carbons (Fsp3) is 0.478. The van der Waals surface area contributed by atoms with Crippen LogP contribution in [-0.4, -0.2) is 38.5 Å². The molecule has 2 aliphatic rings. The summed E-state index contributed by atoms with van der Waals surface area (Å²) in [5.74, 6) is 0.106. The Hall–Kier alpha value is -1.47. The van der Waals surface area contributed by atoms with Crippen LogP contribution in [0.3, 0.4) is 0 Å². The lowest BCUT2D eigenvalue weighted by molar-refractivity contribution is 0.122. The van der Waals surface area contributed by atoms with Gasteiger partial charge >= 0.3 is 0 Å². The predicted molar refractivity (Wildman–Crippen MR) is 118 cm³/mol. The first-order valence-electron chi connectivity index (χ1n) is 10.7. The second-order valence-corrected chi connectivity index (χ2v) is 10.6. The number of likely N-dealkylation sites (tertiary alicyclic amines) is 1. The Morgan fingerprint density at radius 3 is 2.47 bits per heavy atom. The largest absolute Gasteiger partial charge is 0.299 e. The van der Waals surface area contributed by atoms with Gasteiger partial charge in [-0.1, -0.05) is 36.2 Å². The van der Waals surface area contributed by atoms with Gasteiger partial charge in [0.15, 0.2) is 0 Å². The summed E-state index contributed by atoms with van der Waals surface area (Å²) in [5.41, 5.74) is 1.32. The molecule has 2 atom stereocenters. The Balaban J connectivity index is 1.34. The van der Waals surface area contributed by atoms with Crippen LogP contribution in [0.15, 0.2) is 53.4 Å². The van der Waals surface area contributed by atoms with Gasteiger partial charge in [-0.2, -0.15) is 0 Å². The maximum atomic E-state index is 13.5. The quantitative estimate of drug-likeness (QED) is 0.697. The van der Waals surface area contributed by atoms with Crippen molar-refractivity contribution in [2.24, 2.45) is 5.92 Å². The van der Waals surface area contributed by atoms with Crippen LogP contribution in [0.4, 0.5) is 4.39 Å². The summed E-state index contributed by atoms with van der Waals surface area (Å²) < 4.78 is 41.8. The SMILES string of the molecule is O=S(=O)(N[C@@H]1CCC[C@H]1N1CCC(Cc2ccc(Cl)cc2)CC1)c1cccc(F)c1. The first-order chi connectivity index (χ1) is 14.4. The molecule has 1 aliphatic carbocycles. The summed E-state index contributed by atoms with van der Waals surface area (Å²) in [5, 5.41) is 0.765. The van der Waals surface area contributed by atoms with E-state index in [0.717, 1.165) is 62.7 Å². The second kappa shape index (κ2) is 9.35. The molecular weight excluding hydrogens is 423 g/mol. The summed E-state index contributed by atoms with van der Waals surface area (Å²) in [7, 11) is -3.72. The van der Waals surface area contributed by atoms with Gasteiger partial charge in [-0.15, -0.1) is 0 Å². The van der Waals surface area contributed by atoms with Crippen molar-refractivity contribution < 1.29 is 12.8 Å². The van der Waals surface area contributed by atoms with Crippen LogP contribution in [-0.2, 0) is 16.4 Å². The summed E-state index contributed by atoms with van der Waals surface area (Å²) in [6.45, 7) is 1.97. The predicted octanol–water partition coefficient (Wildman–Crippen LogP) is 4.63. The molecule has 162 valence electrons. The minimum Gasteiger partial charge on any atom is -0.299 e. The lowest BCUT2D eigenvalue weighted by Crippen LogP contribution is -2.51. The van der Waals surface area contributed by atoms with Crippen LogP contribution in [0.25, 0.3) is 0 Å². The van der Waals surface area contributed by atoms with E-state index in [4.69, 9.17) is 11.6 Å². The van der Waals surface area contributed by atoms with E-state index >= 15 is 0 Å². The monoisotopic (exact) mass is 450 g/mol. The molecule has 0 unspecified atom stereocenters. The number of rotatable bonds is 6. The number of hydrogen-bond donors (Lipinski definition) is 1. The van der Waals surface area contributed by atoms with Crippen LogP contribution in [0.5, 0.6) is 0 Å². The number of halogens is 2. The van der Waals surface area contributed by atoms with Crippen LogP contribution in [0.2, 0.25) is 5.02 Å². The Morgan fingerprint density at radius 1 is 1.03 bits per heavy atom. The lowest BCUT2D eigenvalue weighted by atomic mass is 9.89. The van der Waals surface area contributed by atoms with Crippen molar-refractivity contribution in [1.29, 1.82) is 0 Å². The molecule has 7 heteroatoms. The number of sulfonamides is 1. The average molecular weight is 451 g/mol. The van der Waals surface area contributed by atoms with Gasteiger partial charge in [-0.3, -0.25) is 4.90 Å². The van der Waals surface area contributed by atoms with Crippen molar-refractivity contribution in [2.45, 2.75) is 55.5 Å². The summed E-state index contributed by atoms with van der Waals surface area (Å²) in [6, 6.07) is 13.4. The first kappa shape index (κ1) is 21.8. The summed E-state index contributed by atoms with van der Waals surface area (Å²) in [6.07, 6.45) is 6.12. The number of hydrogen-bond acceptors (Lipinski definition) is 3. The molecule has 0 aromatic heterocycles. The number of nitrogens with zero attached hydrogens (tertiary/aromatic N) is 1. The topological polar surface area (TPSA) is 49.4 Å². The van der Waals surface area contributed by atoms with Gasteiger partial charge in [0, 0.05) is 17.1 Å². The molecule has 0 radical (unpaired) electrons. The van der Waals surface area contributed by atoms with Crippen LogP contribution in [0, 0.1) is 11.7 Å². The fourth-order valence-electron chi connectivity index (χ4n) is 4.86. The molecule has 0 spiro atoms. The fourth-order valence-corrected chi connectivity index (χ4v) is 6.32. The average Bonchev–Trinajstić information content (AvgIpc) is 3.18. The normalized spacial score (nSPS) is 23.7. The molecule has 2 fully saturated rings. The van der Waals surface area contributed by atoms with E-state index < -0.39 is 15.8 Å². The molecule has 1 heterocycles. The van der Waals surface area contributed by atoms with Crippen LogP contribution >= 0.6 is 11.6 Å². The molecule has 2 aromatic carbocycles.